The third-order valence-corrected chi connectivity index (χ3v) is 4.99. The average Bonchev–Trinajstić information content (AvgIpc) is 3.21. The van der Waals surface area contributed by atoms with Crippen molar-refractivity contribution in [1.29, 1.82) is 0 Å². The summed E-state index contributed by atoms with van der Waals surface area (Å²) in [5, 5.41) is 5.42. The van der Waals surface area contributed by atoms with E-state index in [1.54, 1.807) is 11.8 Å². The Morgan fingerprint density at radius 1 is 1.43 bits per heavy atom. The van der Waals surface area contributed by atoms with Gasteiger partial charge in [0.05, 0.1) is 4.90 Å². The van der Waals surface area contributed by atoms with Crippen molar-refractivity contribution in [2.75, 3.05) is 6.54 Å². The molecular formula is C14H19ClN2O3S. The summed E-state index contributed by atoms with van der Waals surface area (Å²) in [6, 6.07) is 3.10. The first-order valence-electron chi connectivity index (χ1n) is 6.89. The number of hydrogen-bond acceptors (Lipinski definition) is 3. The van der Waals surface area contributed by atoms with Crippen LogP contribution in [0, 0.1) is 6.92 Å². The fraction of sp³-hybridized carbons (Fsp3) is 0.500. The summed E-state index contributed by atoms with van der Waals surface area (Å²) in [5.41, 5.74) is 0.638. The van der Waals surface area contributed by atoms with Crippen LogP contribution in [-0.4, -0.2) is 31.8 Å². The van der Waals surface area contributed by atoms with Gasteiger partial charge in [0.15, 0.2) is 0 Å². The maximum absolute atomic E-state index is 12.6. The van der Waals surface area contributed by atoms with E-state index in [0.717, 1.165) is 19.3 Å². The van der Waals surface area contributed by atoms with Crippen LogP contribution in [-0.2, 0) is 10.0 Å². The molecule has 0 bridgehead atoms. The maximum Gasteiger partial charge on any atom is 0.254 e. The largest absolute Gasteiger partial charge is 0.336 e. The predicted octanol–water partition coefficient (Wildman–Crippen LogP) is 2.31. The van der Waals surface area contributed by atoms with E-state index in [-0.39, 0.29) is 27.4 Å². The Hall–Kier alpha value is -1.11. The molecule has 0 heterocycles. The molecule has 0 radical (unpaired) electrons. The van der Waals surface area contributed by atoms with Gasteiger partial charge in [0.25, 0.3) is 5.91 Å². The van der Waals surface area contributed by atoms with E-state index in [2.05, 4.69) is 0 Å². The van der Waals surface area contributed by atoms with Gasteiger partial charge in [0.2, 0.25) is 10.0 Å². The number of amides is 1. The molecule has 0 aromatic heterocycles. The number of rotatable bonds is 5. The van der Waals surface area contributed by atoms with Crippen molar-refractivity contribution < 1.29 is 13.2 Å². The van der Waals surface area contributed by atoms with Crippen LogP contribution in [0.15, 0.2) is 17.0 Å². The van der Waals surface area contributed by atoms with E-state index < -0.39 is 10.0 Å². The van der Waals surface area contributed by atoms with Gasteiger partial charge in [0, 0.05) is 23.2 Å². The molecule has 7 heteroatoms. The van der Waals surface area contributed by atoms with E-state index in [1.165, 1.54) is 12.1 Å². The summed E-state index contributed by atoms with van der Waals surface area (Å²) < 4.78 is 23.2. The fourth-order valence-electron chi connectivity index (χ4n) is 2.32. The highest BCUT2D eigenvalue weighted by molar-refractivity contribution is 7.89. The number of carbonyl (C=O) groups excluding carboxylic acids is 1. The number of carbonyl (C=O) groups is 1. The zero-order valence-electron chi connectivity index (χ0n) is 12.1. The van der Waals surface area contributed by atoms with E-state index in [0.29, 0.717) is 12.1 Å². The van der Waals surface area contributed by atoms with Gasteiger partial charge in [-0.1, -0.05) is 18.5 Å². The smallest absolute Gasteiger partial charge is 0.254 e. The lowest BCUT2D eigenvalue weighted by molar-refractivity contribution is 0.0743. The zero-order chi connectivity index (χ0) is 15.8. The minimum absolute atomic E-state index is 0.0920. The minimum atomic E-state index is -3.91. The van der Waals surface area contributed by atoms with Crippen LogP contribution in [0.25, 0.3) is 0 Å². The van der Waals surface area contributed by atoms with Crippen LogP contribution in [0.1, 0.15) is 42.1 Å². The summed E-state index contributed by atoms with van der Waals surface area (Å²) in [7, 11) is -3.91. The van der Waals surface area contributed by atoms with Crippen molar-refractivity contribution in [3.8, 4) is 0 Å². The number of nitrogens with two attached hydrogens (primary N) is 1. The molecule has 5 nitrogen and oxygen atoms in total. The molecule has 1 aromatic rings. The van der Waals surface area contributed by atoms with Crippen molar-refractivity contribution in [2.45, 2.75) is 44.0 Å². The SMILES string of the molecule is CCCN(C(=O)c1cc(Cl)c(C)c(S(N)(=O)=O)c1)C1CC1. The lowest BCUT2D eigenvalue weighted by Gasteiger charge is -2.22. The summed E-state index contributed by atoms with van der Waals surface area (Å²) in [6.45, 7) is 4.22. The lowest BCUT2D eigenvalue weighted by atomic mass is 10.1. The molecule has 1 saturated carbocycles. The van der Waals surface area contributed by atoms with Crippen molar-refractivity contribution in [1.82, 2.24) is 4.90 Å². The van der Waals surface area contributed by atoms with Crippen LogP contribution in [0.3, 0.4) is 0 Å². The van der Waals surface area contributed by atoms with Gasteiger partial charge in [-0.15, -0.1) is 0 Å². The zero-order valence-corrected chi connectivity index (χ0v) is 13.7. The highest BCUT2D eigenvalue weighted by Gasteiger charge is 2.33. The van der Waals surface area contributed by atoms with Gasteiger partial charge in [-0.2, -0.15) is 0 Å². The number of primary sulfonamides is 1. The quantitative estimate of drug-likeness (QED) is 0.899. The highest BCUT2D eigenvalue weighted by atomic mass is 35.5. The van der Waals surface area contributed by atoms with E-state index >= 15 is 0 Å². The van der Waals surface area contributed by atoms with Crippen LogP contribution in [0.2, 0.25) is 5.02 Å². The summed E-state index contributed by atoms with van der Waals surface area (Å²) in [5.74, 6) is -0.189. The number of hydrogen-bond donors (Lipinski definition) is 1. The predicted molar refractivity (Wildman–Crippen MR) is 81.9 cm³/mol. The maximum atomic E-state index is 12.6. The van der Waals surface area contributed by atoms with E-state index in [9.17, 15) is 13.2 Å². The van der Waals surface area contributed by atoms with Crippen molar-refractivity contribution >= 4 is 27.5 Å². The van der Waals surface area contributed by atoms with Crippen molar-refractivity contribution in [3.63, 3.8) is 0 Å². The molecule has 116 valence electrons. The molecule has 0 spiro atoms. The standard InChI is InChI=1S/C14H19ClN2O3S/c1-3-6-17(11-4-5-11)14(18)10-7-12(15)9(2)13(8-10)21(16,19)20/h7-8,11H,3-6H2,1-2H3,(H2,16,19,20). The Morgan fingerprint density at radius 2 is 2.05 bits per heavy atom. The second kappa shape index (κ2) is 5.94. The first kappa shape index (κ1) is 16.3. The average molecular weight is 331 g/mol. The first-order chi connectivity index (χ1) is 9.75. The third-order valence-electron chi connectivity index (χ3n) is 3.56. The monoisotopic (exact) mass is 330 g/mol. The minimum Gasteiger partial charge on any atom is -0.336 e. The van der Waals surface area contributed by atoms with Gasteiger partial charge >= 0.3 is 0 Å². The van der Waals surface area contributed by atoms with Crippen LogP contribution in [0.5, 0.6) is 0 Å². The Bertz CT molecular complexity index is 669. The summed E-state index contributed by atoms with van der Waals surface area (Å²) in [6.07, 6.45) is 2.84. The molecule has 0 unspecified atom stereocenters. The Labute approximate surface area is 130 Å². The molecule has 2 N–H and O–H groups in total. The molecule has 1 amide bonds. The van der Waals surface area contributed by atoms with Crippen LogP contribution >= 0.6 is 11.6 Å². The van der Waals surface area contributed by atoms with Gasteiger partial charge in [-0.3, -0.25) is 4.79 Å². The molecule has 1 aliphatic carbocycles. The van der Waals surface area contributed by atoms with Crippen LogP contribution in [0.4, 0.5) is 0 Å². The fourth-order valence-corrected chi connectivity index (χ4v) is 3.42. The van der Waals surface area contributed by atoms with Gasteiger partial charge in [-0.25, -0.2) is 13.6 Å². The Kier molecular flexibility index (Phi) is 4.60. The summed E-state index contributed by atoms with van der Waals surface area (Å²) in [4.78, 5) is 14.3. The number of halogens is 1. The van der Waals surface area contributed by atoms with Crippen molar-refractivity contribution in [2.24, 2.45) is 5.14 Å². The molecule has 1 fully saturated rings. The number of sulfonamides is 1. The molecule has 21 heavy (non-hydrogen) atoms. The van der Waals surface area contributed by atoms with Gasteiger partial charge < -0.3 is 4.90 Å². The lowest BCUT2D eigenvalue weighted by Crippen LogP contribution is -2.34. The third kappa shape index (κ3) is 3.56. The van der Waals surface area contributed by atoms with E-state index in [1.807, 2.05) is 6.92 Å². The molecule has 0 saturated heterocycles. The number of benzene rings is 1. The second-order valence-corrected chi connectivity index (χ2v) is 7.29. The highest BCUT2D eigenvalue weighted by Crippen LogP contribution is 2.30. The van der Waals surface area contributed by atoms with Crippen LogP contribution < -0.4 is 5.14 Å². The van der Waals surface area contributed by atoms with E-state index in [4.69, 9.17) is 16.7 Å². The Balaban J connectivity index is 2.44. The topological polar surface area (TPSA) is 80.5 Å². The molecular weight excluding hydrogens is 312 g/mol. The second-order valence-electron chi connectivity index (χ2n) is 5.36. The first-order valence-corrected chi connectivity index (χ1v) is 8.82. The molecule has 2 rings (SSSR count). The summed E-state index contributed by atoms with van der Waals surface area (Å²) >= 11 is 6.06. The molecule has 0 atom stereocenters. The molecule has 0 aliphatic heterocycles. The van der Waals surface area contributed by atoms with Gasteiger partial charge in [0.1, 0.15) is 0 Å². The normalized spacial score (nSPS) is 15.0. The van der Waals surface area contributed by atoms with Gasteiger partial charge in [-0.05, 0) is 43.9 Å². The van der Waals surface area contributed by atoms with Crippen molar-refractivity contribution in [3.05, 3.63) is 28.3 Å². The molecule has 1 aliphatic rings. The molecule has 1 aromatic carbocycles. The Morgan fingerprint density at radius 3 is 2.52 bits per heavy atom. The number of nitrogens with zero attached hydrogens (tertiary/aromatic N) is 1.